The Morgan fingerprint density at radius 1 is 1.32 bits per heavy atom. The van der Waals surface area contributed by atoms with E-state index in [9.17, 15) is 13.6 Å². The Balaban J connectivity index is 2.14. The first kappa shape index (κ1) is 13.8. The topological polar surface area (TPSA) is 29.5 Å². The van der Waals surface area contributed by atoms with Crippen molar-refractivity contribution in [1.82, 2.24) is 4.90 Å². The fourth-order valence-electron chi connectivity index (χ4n) is 2.36. The summed E-state index contributed by atoms with van der Waals surface area (Å²) in [7, 11) is 0. The van der Waals surface area contributed by atoms with E-state index in [2.05, 4.69) is 0 Å². The molecule has 1 heterocycles. The number of rotatable bonds is 3. The number of hydrogen-bond acceptors (Lipinski definition) is 2. The lowest BCUT2D eigenvalue weighted by Crippen LogP contribution is -2.35. The van der Waals surface area contributed by atoms with Crippen LogP contribution in [0.3, 0.4) is 0 Å². The van der Waals surface area contributed by atoms with Crippen LogP contribution >= 0.6 is 0 Å². The summed E-state index contributed by atoms with van der Waals surface area (Å²) in [6.07, 6.45) is -0.575. The fourth-order valence-corrected chi connectivity index (χ4v) is 2.36. The van der Waals surface area contributed by atoms with E-state index < -0.39 is 17.7 Å². The Bertz CT molecular complexity index is 490. The molecule has 1 aromatic carbocycles. The van der Waals surface area contributed by atoms with Gasteiger partial charge in [-0.25, -0.2) is 13.6 Å². The van der Waals surface area contributed by atoms with E-state index >= 15 is 0 Å². The Morgan fingerprint density at radius 2 is 2.00 bits per heavy atom. The lowest BCUT2D eigenvalue weighted by molar-refractivity contribution is 0.104. The molecule has 2 atom stereocenters. The fraction of sp³-hybridized carbons (Fsp3) is 0.500. The second-order valence-corrected chi connectivity index (χ2v) is 5.21. The summed E-state index contributed by atoms with van der Waals surface area (Å²) in [5, 5.41) is 0. The highest BCUT2D eigenvalue weighted by atomic mass is 19.2. The molecule has 0 spiro atoms. The normalized spacial score (nSPS) is 23.1. The molecular formula is C14H17F2NO2. The maximum Gasteiger partial charge on any atom is 0.410 e. The summed E-state index contributed by atoms with van der Waals surface area (Å²) in [6.45, 7) is 6.08. The predicted molar refractivity (Wildman–Crippen MR) is 66.5 cm³/mol. The van der Waals surface area contributed by atoms with Crippen molar-refractivity contribution < 1.29 is 18.3 Å². The van der Waals surface area contributed by atoms with Crippen molar-refractivity contribution in [2.45, 2.75) is 39.5 Å². The number of halogens is 2. The number of amides is 1. The zero-order valence-corrected chi connectivity index (χ0v) is 11.2. The second kappa shape index (κ2) is 5.15. The van der Waals surface area contributed by atoms with Gasteiger partial charge in [-0.15, -0.1) is 0 Å². The van der Waals surface area contributed by atoms with E-state index in [4.69, 9.17) is 4.74 Å². The molecule has 19 heavy (non-hydrogen) atoms. The molecule has 0 bridgehead atoms. The van der Waals surface area contributed by atoms with Crippen LogP contribution in [0.5, 0.6) is 0 Å². The molecule has 0 aliphatic carbocycles. The third-order valence-electron chi connectivity index (χ3n) is 3.43. The van der Waals surface area contributed by atoms with Crippen LogP contribution in [0.15, 0.2) is 18.2 Å². The summed E-state index contributed by atoms with van der Waals surface area (Å²) in [5.74, 6) is -1.58. The van der Waals surface area contributed by atoms with Gasteiger partial charge in [0.05, 0.1) is 6.04 Å². The highest BCUT2D eigenvalue weighted by Crippen LogP contribution is 2.26. The largest absolute Gasteiger partial charge is 0.444 e. The maximum atomic E-state index is 13.1. The molecule has 1 aliphatic rings. The monoisotopic (exact) mass is 269 g/mol. The third kappa shape index (κ3) is 2.69. The van der Waals surface area contributed by atoms with Crippen molar-refractivity contribution in [2.75, 3.05) is 0 Å². The number of cyclic esters (lactones) is 1. The molecule has 1 aliphatic heterocycles. The summed E-state index contributed by atoms with van der Waals surface area (Å²) in [5.41, 5.74) is 0.548. The molecule has 1 saturated heterocycles. The molecule has 5 heteroatoms. The zero-order chi connectivity index (χ0) is 14.2. The van der Waals surface area contributed by atoms with E-state index in [1.807, 2.05) is 20.8 Å². The maximum absolute atomic E-state index is 13.1. The smallest absolute Gasteiger partial charge is 0.410 e. The van der Waals surface area contributed by atoms with Gasteiger partial charge in [-0.2, -0.15) is 0 Å². The van der Waals surface area contributed by atoms with Crippen molar-refractivity contribution >= 4 is 6.09 Å². The predicted octanol–water partition coefficient (Wildman–Crippen LogP) is 3.33. The molecule has 0 N–H and O–H groups in total. The molecule has 3 nitrogen and oxygen atoms in total. The summed E-state index contributed by atoms with van der Waals surface area (Å²) < 4.78 is 31.3. The van der Waals surface area contributed by atoms with Crippen LogP contribution in [-0.4, -0.2) is 23.1 Å². The molecule has 0 saturated carbocycles. The highest BCUT2D eigenvalue weighted by molar-refractivity contribution is 5.70. The molecule has 0 radical (unpaired) electrons. The van der Waals surface area contributed by atoms with Crippen molar-refractivity contribution in [1.29, 1.82) is 0 Å². The minimum atomic E-state index is -0.905. The van der Waals surface area contributed by atoms with E-state index in [-0.39, 0.29) is 24.6 Å². The quantitative estimate of drug-likeness (QED) is 0.842. The Kier molecular flexibility index (Phi) is 3.73. The van der Waals surface area contributed by atoms with Crippen LogP contribution < -0.4 is 0 Å². The molecule has 2 rings (SSSR count). The van der Waals surface area contributed by atoms with Crippen LogP contribution in [0, 0.1) is 17.6 Å². The van der Waals surface area contributed by atoms with Gasteiger partial charge in [0.1, 0.15) is 6.10 Å². The average molecular weight is 269 g/mol. The lowest BCUT2D eigenvalue weighted by atomic mass is 10.0. The molecule has 1 fully saturated rings. The molecule has 0 aromatic heterocycles. The second-order valence-electron chi connectivity index (χ2n) is 5.21. The minimum Gasteiger partial charge on any atom is -0.444 e. The third-order valence-corrected chi connectivity index (χ3v) is 3.43. The van der Waals surface area contributed by atoms with Gasteiger partial charge in [0.2, 0.25) is 0 Å². The van der Waals surface area contributed by atoms with Crippen LogP contribution in [0.4, 0.5) is 13.6 Å². The number of ether oxygens (including phenoxy) is 1. The zero-order valence-electron chi connectivity index (χ0n) is 11.2. The van der Waals surface area contributed by atoms with Crippen LogP contribution in [-0.2, 0) is 11.3 Å². The van der Waals surface area contributed by atoms with E-state index in [1.54, 1.807) is 0 Å². The van der Waals surface area contributed by atoms with Crippen LogP contribution in [0.2, 0.25) is 0 Å². The van der Waals surface area contributed by atoms with Crippen molar-refractivity contribution in [2.24, 2.45) is 5.92 Å². The van der Waals surface area contributed by atoms with Gasteiger partial charge in [-0.3, -0.25) is 4.90 Å². The molecular weight excluding hydrogens is 252 g/mol. The van der Waals surface area contributed by atoms with Gasteiger partial charge in [-0.05, 0) is 30.5 Å². The lowest BCUT2D eigenvalue weighted by Gasteiger charge is -2.22. The number of nitrogens with zero attached hydrogens (tertiary/aromatic N) is 1. The summed E-state index contributed by atoms with van der Waals surface area (Å²) in [4.78, 5) is 13.3. The molecule has 1 amide bonds. The van der Waals surface area contributed by atoms with Crippen molar-refractivity contribution in [3.05, 3.63) is 35.4 Å². The average Bonchev–Trinajstić information content (AvgIpc) is 2.62. The molecule has 1 aromatic rings. The van der Waals surface area contributed by atoms with E-state index in [0.29, 0.717) is 5.56 Å². The van der Waals surface area contributed by atoms with Gasteiger partial charge >= 0.3 is 6.09 Å². The Morgan fingerprint density at radius 3 is 2.53 bits per heavy atom. The number of hydrogen-bond donors (Lipinski definition) is 0. The van der Waals surface area contributed by atoms with Crippen LogP contribution in [0.1, 0.15) is 26.3 Å². The van der Waals surface area contributed by atoms with Crippen molar-refractivity contribution in [3.8, 4) is 0 Å². The summed E-state index contributed by atoms with van der Waals surface area (Å²) in [6, 6.07) is 3.57. The Hall–Kier alpha value is -1.65. The van der Waals surface area contributed by atoms with E-state index in [1.165, 1.54) is 11.0 Å². The van der Waals surface area contributed by atoms with Crippen LogP contribution in [0.25, 0.3) is 0 Å². The van der Waals surface area contributed by atoms with Gasteiger partial charge in [0.25, 0.3) is 0 Å². The highest BCUT2D eigenvalue weighted by Gasteiger charge is 2.40. The van der Waals surface area contributed by atoms with Gasteiger partial charge in [0.15, 0.2) is 11.6 Å². The van der Waals surface area contributed by atoms with Gasteiger partial charge < -0.3 is 4.74 Å². The molecule has 104 valence electrons. The SMILES string of the molecule is CC(C)C1OC(=O)N(Cc2ccc(F)c(F)c2)[C@@H]1C. The first-order valence-corrected chi connectivity index (χ1v) is 6.31. The number of carbonyl (C=O) groups is 1. The molecule has 1 unspecified atom stereocenters. The first-order chi connectivity index (χ1) is 8.90. The minimum absolute atomic E-state index is 0.0828. The van der Waals surface area contributed by atoms with Gasteiger partial charge in [0, 0.05) is 6.54 Å². The number of carbonyl (C=O) groups excluding carboxylic acids is 1. The van der Waals surface area contributed by atoms with E-state index in [0.717, 1.165) is 12.1 Å². The van der Waals surface area contributed by atoms with Gasteiger partial charge in [-0.1, -0.05) is 19.9 Å². The standard InChI is InChI=1S/C14H17F2NO2/c1-8(2)13-9(3)17(14(18)19-13)7-10-4-5-11(15)12(16)6-10/h4-6,8-9,13H,7H2,1-3H3/t9-,13?/m1/s1. The number of benzene rings is 1. The Labute approximate surface area is 111 Å². The first-order valence-electron chi connectivity index (χ1n) is 6.31. The summed E-state index contributed by atoms with van der Waals surface area (Å²) >= 11 is 0. The van der Waals surface area contributed by atoms with Crippen molar-refractivity contribution in [3.63, 3.8) is 0 Å².